The van der Waals surface area contributed by atoms with Crippen LogP contribution in [0, 0.1) is 5.92 Å². The fourth-order valence-electron chi connectivity index (χ4n) is 3.02. The smallest absolute Gasteiger partial charge is 0.261 e. The first-order valence-corrected chi connectivity index (χ1v) is 8.17. The second-order valence-electron chi connectivity index (χ2n) is 6.35. The summed E-state index contributed by atoms with van der Waals surface area (Å²) in [5.74, 6) is -0.325. The van der Waals surface area contributed by atoms with E-state index in [2.05, 4.69) is 17.2 Å². The van der Waals surface area contributed by atoms with Gasteiger partial charge in [-0.3, -0.25) is 14.4 Å². The van der Waals surface area contributed by atoms with Gasteiger partial charge in [0.05, 0.1) is 0 Å². The SMILES string of the molecule is CCc1ccc(NC(=O)c2cc3c([nH]c2=O)CC(C)CC3=O)cc1. The van der Waals surface area contributed by atoms with Crippen LogP contribution in [0.25, 0.3) is 0 Å². The number of amides is 1. The molecule has 0 saturated carbocycles. The number of nitrogens with one attached hydrogen (secondary N) is 2. The summed E-state index contributed by atoms with van der Waals surface area (Å²) in [7, 11) is 0. The van der Waals surface area contributed by atoms with Crippen molar-refractivity contribution < 1.29 is 9.59 Å². The lowest BCUT2D eigenvalue weighted by Crippen LogP contribution is -2.29. The summed E-state index contributed by atoms with van der Waals surface area (Å²) >= 11 is 0. The number of pyridine rings is 1. The molecule has 1 aromatic heterocycles. The molecule has 1 unspecified atom stereocenters. The number of aromatic amines is 1. The molecule has 1 aromatic carbocycles. The third-order valence-corrected chi connectivity index (χ3v) is 4.37. The number of fused-ring (bicyclic) bond motifs is 1. The number of Topliss-reactive ketones (excluding diaryl/α,β-unsaturated/α-hetero) is 1. The second-order valence-corrected chi connectivity index (χ2v) is 6.35. The van der Waals surface area contributed by atoms with Crippen molar-refractivity contribution in [2.45, 2.75) is 33.1 Å². The molecule has 2 N–H and O–H groups in total. The Labute approximate surface area is 140 Å². The number of hydrogen-bond acceptors (Lipinski definition) is 3. The monoisotopic (exact) mass is 324 g/mol. The van der Waals surface area contributed by atoms with E-state index in [1.807, 2.05) is 19.1 Å². The second kappa shape index (κ2) is 6.43. The summed E-state index contributed by atoms with van der Waals surface area (Å²) in [4.78, 5) is 39.5. The normalized spacial score (nSPS) is 16.6. The van der Waals surface area contributed by atoms with E-state index >= 15 is 0 Å². The molecule has 3 rings (SSSR count). The lowest BCUT2D eigenvalue weighted by atomic mass is 9.86. The highest BCUT2D eigenvalue weighted by Gasteiger charge is 2.25. The number of hydrogen-bond donors (Lipinski definition) is 2. The van der Waals surface area contributed by atoms with E-state index in [-0.39, 0.29) is 17.3 Å². The van der Waals surface area contributed by atoms with Gasteiger partial charge in [0.1, 0.15) is 5.56 Å². The summed E-state index contributed by atoms with van der Waals surface area (Å²) in [6.07, 6.45) is 2.01. The Hall–Kier alpha value is -2.69. The van der Waals surface area contributed by atoms with Gasteiger partial charge in [0.15, 0.2) is 5.78 Å². The predicted octanol–water partition coefficient (Wildman–Crippen LogP) is 2.95. The third kappa shape index (κ3) is 3.15. The quantitative estimate of drug-likeness (QED) is 0.911. The number of aromatic nitrogens is 1. The zero-order valence-corrected chi connectivity index (χ0v) is 13.8. The largest absolute Gasteiger partial charge is 0.325 e. The van der Waals surface area contributed by atoms with Gasteiger partial charge in [0.25, 0.3) is 11.5 Å². The van der Waals surface area contributed by atoms with Crippen LogP contribution in [0.4, 0.5) is 5.69 Å². The van der Waals surface area contributed by atoms with Crippen molar-refractivity contribution in [3.05, 3.63) is 63.1 Å². The number of carbonyl (C=O) groups excluding carboxylic acids is 2. The van der Waals surface area contributed by atoms with E-state index < -0.39 is 11.5 Å². The van der Waals surface area contributed by atoms with Crippen LogP contribution >= 0.6 is 0 Å². The van der Waals surface area contributed by atoms with Gasteiger partial charge < -0.3 is 10.3 Å². The number of anilines is 1. The molecular weight excluding hydrogens is 304 g/mol. The van der Waals surface area contributed by atoms with E-state index in [4.69, 9.17) is 0 Å². The maximum atomic E-state index is 12.4. The van der Waals surface area contributed by atoms with E-state index in [1.54, 1.807) is 12.1 Å². The van der Waals surface area contributed by atoms with Crippen LogP contribution in [0.5, 0.6) is 0 Å². The molecule has 0 saturated heterocycles. The van der Waals surface area contributed by atoms with Gasteiger partial charge in [-0.15, -0.1) is 0 Å². The zero-order chi connectivity index (χ0) is 17.3. The summed E-state index contributed by atoms with van der Waals surface area (Å²) in [5.41, 5.74) is 2.38. The molecule has 5 heteroatoms. The van der Waals surface area contributed by atoms with Gasteiger partial charge in [0, 0.05) is 23.4 Å². The minimum Gasteiger partial charge on any atom is -0.325 e. The highest BCUT2D eigenvalue weighted by Crippen LogP contribution is 2.23. The van der Waals surface area contributed by atoms with E-state index in [9.17, 15) is 14.4 Å². The van der Waals surface area contributed by atoms with Gasteiger partial charge in [-0.05, 0) is 42.5 Å². The van der Waals surface area contributed by atoms with Gasteiger partial charge >= 0.3 is 0 Å². The minimum absolute atomic E-state index is 0.0265. The molecule has 1 heterocycles. The lowest BCUT2D eigenvalue weighted by Gasteiger charge is -2.20. The van der Waals surface area contributed by atoms with Crippen molar-refractivity contribution in [1.82, 2.24) is 4.98 Å². The minimum atomic E-state index is -0.505. The van der Waals surface area contributed by atoms with Crippen LogP contribution in [-0.2, 0) is 12.8 Å². The Morgan fingerprint density at radius 3 is 2.58 bits per heavy atom. The van der Waals surface area contributed by atoms with E-state index in [0.717, 1.165) is 6.42 Å². The molecule has 0 spiro atoms. The van der Waals surface area contributed by atoms with Crippen molar-refractivity contribution in [2.24, 2.45) is 5.92 Å². The summed E-state index contributed by atoms with van der Waals surface area (Å²) < 4.78 is 0. The number of H-pyrrole nitrogens is 1. The molecule has 1 atom stereocenters. The molecule has 1 aliphatic rings. The molecule has 124 valence electrons. The Kier molecular flexibility index (Phi) is 4.34. The molecule has 0 radical (unpaired) electrons. The molecule has 0 bridgehead atoms. The van der Waals surface area contributed by atoms with Crippen molar-refractivity contribution in [1.29, 1.82) is 0 Å². The van der Waals surface area contributed by atoms with Crippen molar-refractivity contribution in [2.75, 3.05) is 5.32 Å². The van der Waals surface area contributed by atoms with E-state index in [1.165, 1.54) is 11.6 Å². The number of rotatable bonds is 3. The van der Waals surface area contributed by atoms with Crippen LogP contribution in [0.3, 0.4) is 0 Å². The average Bonchev–Trinajstić information content (AvgIpc) is 2.54. The Morgan fingerprint density at radius 1 is 1.21 bits per heavy atom. The standard InChI is InChI=1S/C19H20N2O3/c1-3-12-4-6-13(7-5-12)20-18(23)15-10-14-16(21-19(15)24)8-11(2)9-17(14)22/h4-7,10-11H,3,8-9H2,1-2H3,(H,20,23)(H,21,24). The molecule has 0 fully saturated rings. The molecule has 1 aliphatic carbocycles. The van der Waals surface area contributed by atoms with Gasteiger partial charge in [0.2, 0.25) is 0 Å². The van der Waals surface area contributed by atoms with Gasteiger partial charge in [-0.1, -0.05) is 26.0 Å². The van der Waals surface area contributed by atoms with Crippen molar-refractivity contribution >= 4 is 17.4 Å². The fraction of sp³-hybridized carbons (Fsp3) is 0.316. The maximum absolute atomic E-state index is 12.4. The lowest BCUT2D eigenvalue weighted by molar-refractivity contribution is 0.0952. The summed E-state index contributed by atoms with van der Waals surface area (Å²) in [6, 6.07) is 8.89. The Balaban J connectivity index is 1.88. The number of carbonyl (C=O) groups is 2. The fourth-order valence-corrected chi connectivity index (χ4v) is 3.02. The first-order valence-electron chi connectivity index (χ1n) is 8.17. The first-order chi connectivity index (χ1) is 11.5. The van der Waals surface area contributed by atoms with E-state index in [0.29, 0.717) is 29.8 Å². The summed E-state index contributed by atoms with van der Waals surface area (Å²) in [6.45, 7) is 4.03. The molecule has 5 nitrogen and oxygen atoms in total. The maximum Gasteiger partial charge on any atom is 0.261 e. The number of benzene rings is 1. The molecule has 24 heavy (non-hydrogen) atoms. The van der Waals surface area contributed by atoms with Crippen molar-refractivity contribution in [3.8, 4) is 0 Å². The van der Waals surface area contributed by atoms with Crippen LogP contribution in [0.2, 0.25) is 0 Å². The van der Waals surface area contributed by atoms with Crippen LogP contribution in [0.1, 0.15) is 52.2 Å². The molecule has 0 aliphatic heterocycles. The Morgan fingerprint density at radius 2 is 1.92 bits per heavy atom. The van der Waals surface area contributed by atoms with Crippen LogP contribution in [0.15, 0.2) is 35.1 Å². The zero-order valence-electron chi connectivity index (χ0n) is 13.8. The van der Waals surface area contributed by atoms with Crippen LogP contribution < -0.4 is 10.9 Å². The Bertz CT molecular complexity index is 850. The summed E-state index contributed by atoms with van der Waals surface area (Å²) in [5, 5.41) is 2.71. The van der Waals surface area contributed by atoms with Gasteiger partial charge in [-0.2, -0.15) is 0 Å². The molecular formula is C19H20N2O3. The average molecular weight is 324 g/mol. The highest BCUT2D eigenvalue weighted by molar-refractivity contribution is 6.06. The van der Waals surface area contributed by atoms with Crippen molar-refractivity contribution in [3.63, 3.8) is 0 Å². The third-order valence-electron chi connectivity index (χ3n) is 4.37. The van der Waals surface area contributed by atoms with Gasteiger partial charge in [-0.25, -0.2) is 0 Å². The highest BCUT2D eigenvalue weighted by atomic mass is 16.2. The molecule has 1 amide bonds. The predicted molar refractivity (Wildman–Crippen MR) is 92.7 cm³/mol. The topological polar surface area (TPSA) is 79.0 Å². The first kappa shape index (κ1) is 16.2. The van der Waals surface area contributed by atoms with Crippen LogP contribution in [-0.4, -0.2) is 16.7 Å². The number of ketones is 1. The molecule has 2 aromatic rings. The number of aryl methyl sites for hydroxylation is 1.